The van der Waals surface area contributed by atoms with Crippen molar-refractivity contribution in [2.24, 2.45) is 0 Å². The summed E-state index contributed by atoms with van der Waals surface area (Å²) in [5, 5.41) is 9.36. The van der Waals surface area contributed by atoms with Gasteiger partial charge >= 0.3 is 0 Å². The summed E-state index contributed by atoms with van der Waals surface area (Å²) in [5.74, 6) is -1.02. The van der Waals surface area contributed by atoms with Gasteiger partial charge in [0.1, 0.15) is 11.5 Å². The van der Waals surface area contributed by atoms with Gasteiger partial charge in [-0.15, -0.1) is 0 Å². The Morgan fingerprint density at radius 2 is 2.03 bits per heavy atom. The van der Waals surface area contributed by atoms with Crippen LogP contribution in [0.2, 0.25) is 0 Å². The smallest absolute Gasteiger partial charge is 0.293 e. The lowest BCUT2D eigenvalue weighted by atomic mass is 10.1. The van der Waals surface area contributed by atoms with E-state index in [1.807, 2.05) is 10.8 Å². The number of sulfone groups is 1. The van der Waals surface area contributed by atoms with Crippen molar-refractivity contribution in [3.8, 4) is 0 Å². The topological polar surface area (TPSA) is 105 Å². The van der Waals surface area contributed by atoms with Gasteiger partial charge in [-0.1, -0.05) is 12.1 Å². The average molecular weight is 447 g/mol. The summed E-state index contributed by atoms with van der Waals surface area (Å²) < 4.78 is 39.0. The highest BCUT2D eigenvalue weighted by Gasteiger charge is 2.30. The Kier molecular flexibility index (Phi) is 5.78. The molecule has 0 saturated carbocycles. The van der Waals surface area contributed by atoms with Crippen LogP contribution in [0, 0.1) is 5.82 Å². The number of hydroxylamine groups is 1. The van der Waals surface area contributed by atoms with Crippen LogP contribution in [0.4, 0.5) is 4.39 Å². The van der Waals surface area contributed by atoms with Gasteiger partial charge in [0.05, 0.1) is 17.0 Å². The number of benzene rings is 1. The van der Waals surface area contributed by atoms with E-state index in [1.54, 1.807) is 29.9 Å². The quantitative estimate of drug-likeness (QED) is 0.443. The predicted octanol–water partition coefficient (Wildman–Crippen LogP) is 1.96. The first kappa shape index (κ1) is 21.4. The summed E-state index contributed by atoms with van der Waals surface area (Å²) in [6, 6.07) is 7.83. The number of amides is 1. The molecule has 3 heterocycles. The van der Waals surface area contributed by atoms with Gasteiger partial charge in [-0.05, 0) is 42.3 Å². The number of nitrogens with zero attached hydrogens (tertiary/aromatic N) is 3. The monoisotopic (exact) mass is 446 g/mol. The predicted molar refractivity (Wildman–Crippen MR) is 113 cm³/mol. The van der Waals surface area contributed by atoms with Crippen LogP contribution in [0.3, 0.4) is 0 Å². The molecule has 1 aromatic carbocycles. The lowest BCUT2D eigenvalue weighted by molar-refractivity contribution is 0.0701. The Morgan fingerprint density at radius 1 is 1.29 bits per heavy atom. The first-order valence-electron chi connectivity index (χ1n) is 9.82. The second-order valence-electron chi connectivity index (χ2n) is 7.91. The van der Waals surface area contributed by atoms with Crippen LogP contribution in [-0.2, 0) is 22.9 Å². The zero-order valence-electron chi connectivity index (χ0n) is 17.0. The van der Waals surface area contributed by atoms with Crippen molar-refractivity contribution in [3.05, 3.63) is 65.4 Å². The van der Waals surface area contributed by atoms with Crippen molar-refractivity contribution in [1.82, 2.24) is 19.9 Å². The van der Waals surface area contributed by atoms with Gasteiger partial charge in [-0.25, -0.2) is 23.3 Å². The number of aromatic nitrogens is 2. The molecule has 10 heteroatoms. The van der Waals surface area contributed by atoms with Crippen molar-refractivity contribution in [2.75, 3.05) is 19.3 Å². The van der Waals surface area contributed by atoms with Crippen LogP contribution in [0.1, 0.15) is 28.0 Å². The van der Waals surface area contributed by atoms with Crippen molar-refractivity contribution >= 4 is 26.6 Å². The summed E-state index contributed by atoms with van der Waals surface area (Å²) in [5.41, 5.74) is 4.27. The number of likely N-dealkylation sites (tertiary alicyclic amines) is 1. The molecule has 0 spiro atoms. The molecule has 0 unspecified atom stereocenters. The number of halogens is 1. The van der Waals surface area contributed by atoms with E-state index in [2.05, 4.69) is 9.88 Å². The van der Waals surface area contributed by atoms with Crippen molar-refractivity contribution < 1.29 is 22.8 Å². The number of hydrogen-bond acceptors (Lipinski definition) is 6. The summed E-state index contributed by atoms with van der Waals surface area (Å²) >= 11 is 0. The number of hydrogen-bond donors (Lipinski definition) is 2. The number of fused-ring (bicyclic) bond motifs is 1. The molecule has 1 amide bonds. The van der Waals surface area contributed by atoms with E-state index in [0.717, 1.165) is 22.0 Å². The van der Waals surface area contributed by atoms with Gasteiger partial charge < -0.3 is 4.57 Å². The van der Waals surface area contributed by atoms with Gasteiger partial charge in [0, 0.05) is 37.5 Å². The van der Waals surface area contributed by atoms with Gasteiger partial charge in [0.15, 0.2) is 9.84 Å². The number of carbonyl (C=O) groups excluding carboxylic acids is 1. The SMILES string of the molecule is CS(=O)(=O)[C@H]1CCN(Cc2cn(Cc3ccc(F)cc3)c3cnc(C(=O)NO)cc23)C1. The van der Waals surface area contributed by atoms with Gasteiger partial charge in [-0.2, -0.15) is 0 Å². The Morgan fingerprint density at radius 3 is 2.68 bits per heavy atom. The van der Waals surface area contributed by atoms with Gasteiger partial charge in [0.2, 0.25) is 0 Å². The molecule has 0 aliphatic carbocycles. The lowest BCUT2D eigenvalue weighted by Crippen LogP contribution is -2.26. The van der Waals surface area contributed by atoms with Crippen molar-refractivity contribution in [2.45, 2.75) is 24.8 Å². The molecule has 0 radical (unpaired) electrons. The standard InChI is InChI=1S/C21H23FN4O4S/c1-31(29,30)17-6-7-25(13-17)11-15-12-26(10-14-2-4-16(22)5-3-14)20-9-23-19(8-18(15)20)21(27)24-28/h2-5,8-9,12,17,28H,6-7,10-11,13H2,1H3,(H,24,27)/t17-/m0/s1. The van der Waals surface area contributed by atoms with E-state index in [0.29, 0.717) is 32.6 Å². The molecule has 1 saturated heterocycles. The Balaban J connectivity index is 1.68. The van der Waals surface area contributed by atoms with Crippen LogP contribution in [0.25, 0.3) is 10.9 Å². The molecule has 2 aromatic heterocycles. The number of rotatable bonds is 6. The Hall–Kier alpha value is -2.82. The Labute approximate surface area is 179 Å². The summed E-state index contributed by atoms with van der Waals surface area (Å²) in [6.45, 7) is 2.12. The minimum atomic E-state index is -3.10. The van der Waals surface area contributed by atoms with Crippen LogP contribution in [0.5, 0.6) is 0 Å². The maximum atomic E-state index is 13.3. The van der Waals surface area contributed by atoms with E-state index in [9.17, 15) is 17.6 Å². The zero-order chi connectivity index (χ0) is 22.2. The minimum Gasteiger partial charge on any atom is -0.341 e. The molecule has 1 fully saturated rings. The van der Waals surface area contributed by atoms with Gasteiger partial charge in [0.25, 0.3) is 5.91 Å². The molecule has 2 N–H and O–H groups in total. The third-order valence-corrected chi connectivity index (χ3v) is 7.27. The summed E-state index contributed by atoms with van der Waals surface area (Å²) in [6.07, 6.45) is 5.37. The molecule has 31 heavy (non-hydrogen) atoms. The molecule has 1 aliphatic rings. The fourth-order valence-corrected chi connectivity index (χ4v) is 5.03. The molecule has 3 aromatic rings. The lowest BCUT2D eigenvalue weighted by Gasteiger charge is -2.15. The highest BCUT2D eigenvalue weighted by molar-refractivity contribution is 7.91. The fraction of sp³-hybridized carbons (Fsp3) is 0.333. The fourth-order valence-electron chi connectivity index (χ4n) is 4.02. The number of pyridine rings is 1. The number of nitrogens with one attached hydrogen (secondary N) is 1. The van der Waals surface area contributed by atoms with Gasteiger partial charge in [-0.3, -0.25) is 14.9 Å². The highest BCUT2D eigenvalue weighted by Crippen LogP contribution is 2.26. The minimum absolute atomic E-state index is 0.0752. The van der Waals surface area contributed by atoms with Crippen LogP contribution in [0.15, 0.2) is 42.7 Å². The molecular formula is C21H23FN4O4S. The molecule has 1 atom stereocenters. The average Bonchev–Trinajstić information content (AvgIpc) is 3.34. The third-order valence-electron chi connectivity index (χ3n) is 5.68. The van der Waals surface area contributed by atoms with Crippen LogP contribution < -0.4 is 5.48 Å². The van der Waals surface area contributed by atoms with Crippen molar-refractivity contribution in [3.63, 3.8) is 0 Å². The molecule has 164 valence electrons. The highest BCUT2D eigenvalue weighted by atomic mass is 32.2. The summed E-state index contributed by atoms with van der Waals surface area (Å²) in [7, 11) is -3.10. The largest absolute Gasteiger partial charge is 0.341 e. The van der Waals surface area contributed by atoms with Crippen LogP contribution in [-0.4, -0.2) is 58.6 Å². The molecule has 1 aliphatic heterocycles. The zero-order valence-corrected chi connectivity index (χ0v) is 17.8. The van der Waals surface area contributed by atoms with E-state index in [4.69, 9.17) is 5.21 Å². The first-order chi connectivity index (χ1) is 14.7. The molecule has 4 rings (SSSR count). The van der Waals surface area contributed by atoms with Crippen LogP contribution >= 0.6 is 0 Å². The first-order valence-corrected chi connectivity index (χ1v) is 11.8. The second kappa shape index (κ2) is 8.37. The summed E-state index contributed by atoms with van der Waals surface area (Å²) in [4.78, 5) is 18.1. The van der Waals surface area contributed by atoms with E-state index in [1.165, 1.54) is 18.4 Å². The third kappa shape index (κ3) is 4.60. The molecule has 8 nitrogen and oxygen atoms in total. The molecule has 0 bridgehead atoms. The normalized spacial score (nSPS) is 17.3. The maximum absolute atomic E-state index is 13.3. The second-order valence-corrected chi connectivity index (χ2v) is 10.2. The Bertz CT molecular complexity index is 1220. The maximum Gasteiger partial charge on any atom is 0.293 e. The van der Waals surface area contributed by atoms with Crippen molar-refractivity contribution in [1.29, 1.82) is 0 Å². The molecular weight excluding hydrogens is 423 g/mol. The van der Waals surface area contributed by atoms with E-state index >= 15 is 0 Å². The van der Waals surface area contributed by atoms with E-state index in [-0.39, 0.29) is 16.8 Å². The van der Waals surface area contributed by atoms with E-state index < -0.39 is 15.7 Å². The number of carbonyl (C=O) groups is 1.